The van der Waals surface area contributed by atoms with Crippen molar-refractivity contribution in [1.82, 2.24) is 24.7 Å². The van der Waals surface area contributed by atoms with Crippen LogP contribution in [0.25, 0.3) is 16.8 Å². The molecule has 0 unspecified atom stereocenters. The number of hydrogen-bond acceptors (Lipinski definition) is 5. The van der Waals surface area contributed by atoms with Crippen molar-refractivity contribution in [1.29, 1.82) is 0 Å². The molecular formula is C20H23N5O2. The van der Waals surface area contributed by atoms with Crippen molar-refractivity contribution in [3.8, 4) is 16.9 Å². The summed E-state index contributed by atoms with van der Waals surface area (Å²) in [5.41, 5.74) is 4.52. The van der Waals surface area contributed by atoms with E-state index in [2.05, 4.69) is 15.3 Å². The molecule has 2 aromatic heterocycles. The monoisotopic (exact) mass is 365 g/mol. The van der Waals surface area contributed by atoms with Gasteiger partial charge in [0, 0.05) is 13.1 Å². The van der Waals surface area contributed by atoms with Crippen molar-refractivity contribution in [2.45, 2.75) is 33.1 Å². The molecule has 1 aromatic carbocycles. The number of piperidine rings is 1. The molecule has 1 saturated heterocycles. The first kappa shape index (κ1) is 17.5. The molecule has 7 heteroatoms. The molecule has 0 aliphatic carbocycles. The summed E-state index contributed by atoms with van der Waals surface area (Å²) in [7, 11) is 1.64. The molecule has 0 bridgehead atoms. The number of amides is 1. The van der Waals surface area contributed by atoms with Crippen LogP contribution < -0.4 is 4.74 Å². The van der Waals surface area contributed by atoms with Gasteiger partial charge in [0.05, 0.1) is 24.1 Å². The van der Waals surface area contributed by atoms with E-state index in [0.717, 1.165) is 54.2 Å². The third-order valence-corrected chi connectivity index (χ3v) is 5.17. The van der Waals surface area contributed by atoms with Crippen LogP contribution in [0.1, 0.15) is 41.1 Å². The van der Waals surface area contributed by atoms with Crippen LogP contribution in [0.2, 0.25) is 0 Å². The number of nitrogens with zero attached hydrogens (tertiary/aromatic N) is 5. The predicted molar refractivity (Wildman–Crippen MR) is 102 cm³/mol. The van der Waals surface area contributed by atoms with Crippen molar-refractivity contribution in [3.05, 3.63) is 41.3 Å². The summed E-state index contributed by atoms with van der Waals surface area (Å²) < 4.78 is 6.97. The number of fused-ring (bicyclic) bond motifs is 1. The predicted octanol–water partition coefficient (Wildman–Crippen LogP) is 3.04. The molecule has 1 amide bonds. The number of ether oxygens (including phenoxy) is 1. The average Bonchev–Trinajstić information content (AvgIpc) is 3.05. The van der Waals surface area contributed by atoms with E-state index in [0.29, 0.717) is 11.3 Å². The summed E-state index contributed by atoms with van der Waals surface area (Å²) >= 11 is 0. The Kier molecular flexibility index (Phi) is 4.51. The second-order valence-electron chi connectivity index (χ2n) is 6.91. The van der Waals surface area contributed by atoms with Gasteiger partial charge in [0.1, 0.15) is 5.75 Å². The molecule has 0 N–H and O–H groups in total. The average molecular weight is 365 g/mol. The fraction of sp³-hybridized carbons (Fsp3) is 0.400. The molecule has 1 aliphatic rings. The summed E-state index contributed by atoms with van der Waals surface area (Å²) in [4.78, 5) is 14.7. The first-order valence-electron chi connectivity index (χ1n) is 9.26. The molecule has 0 radical (unpaired) electrons. The lowest BCUT2D eigenvalue weighted by molar-refractivity contribution is 0.0715. The minimum Gasteiger partial charge on any atom is -0.497 e. The van der Waals surface area contributed by atoms with Gasteiger partial charge in [0.25, 0.3) is 5.91 Å². The fourth-order valence-corrected chi connectivity index (χ4v) is 3.65. The quantitative estimate of drug-likeness (QED) is 0.713. The topological polar surface area (TPSA) is 72.6 Å². The van der Waals surface area contributed by atoms with E-state index in [9.17, 15) is 4.79 Å². The van der Waals surface area contributed by atoms with Crippen LogP contribution in [0.15, 0.2) is 24.3 Å². The van der Waals surface area contributed by atoms with Crippen LogP contribution in [-0.4, -0.2) is 50.8 Å². The third-order valence-electron chi connectivity index (χ3n) is 5.17. The third kappa shape index (κ3) is 3.03. The molecule has 0 atom stereocenters. The van der Waals surface area contributed by atoms with E-state index in [1.165, 1.54) is 6.42 Å². The Balaban J connectivity index is 1.77. The van der Waals surface area contributed by atoms with E-state index in [4.69, 9.17) is 4.74 Å². The highest BCUT2D eigenvalue weighted by atomic mass is 16.5. The van der Waals surface area contributed by atoms with Crippen molar-refractivity contribution in [3.63, 3.8) is 0 Å². The zero-order valence-electron chi connectivity index (χ0n) is 15.9. The van der Waals surface area contributed by atoms with E-state index >= 15 is 0 Å². The van der Waals surface area contributed by atoms with Crippen LogP contribution in [-0.2, 0) is 0 Å². The Morgan fingerprint density at radius 1 is 1.04 bits per heavy atom. The van der Waals surface area contributed by atoms with Gasteiger partial charge in [-0.3, -0.25) is 4.79 Å². The second kappa shape index (κ2) is 6.98. The van der Waals surface area contributed by atoms with Crippen LogP contribution in [0, 0.1) is 13.8 Å². The van der Waals surface area contributed by atoms with Crippen molar-refractivity contribution in [2.24, 2.45) is 0 Å². The Bertz CT molecular complexity index is 988. The molecule has 1 fully saturated rings. The summed E-state index contributed by atoms with van der Waals surface area (Å²) in [6, 6.07) is 7.78. The molecule has 7 nitrogen and oxygen atoms in total. The molecule has 4 rings (SSSR count). The zero-order chi connectivity index (χ0) is 19.0. The number of aryl methyl sites for hydroxylation is 2. The number of carbonyl (C=O) groups is 1. The van der Waals surface area contributed by atoms with Crippen LogP contribution in [0.4, 0.5) is 0 Å². The Morgan fingerprint density at radius 2 is 1.74 bits per heavy atom. The van der Waals surface area contributed by atoms with Gasteiger partial charge >= 0.3 is 0 Å². The van der Waals surface area contributed by atoms with Crippen molar-refractivity contribution in [2.75, 3.05) is 20.2 Å². The highest BCUT2D eigenvalue weighted by molar-refractivity contribution is 5.93. The first-order valence-corrected chi connectivity index (χ1v) is 9.26. The van der Waals surface area contributed by atoms with Crippen LogP contribution >= 0.6 is 0 Å². The fourth-order valence-electron chi connectivity index (χ4n) is 3.65. The number of carbonyl (C=O) groups excluding carboxylic acids is 1. The largest absolute Gasteiger partial charge is 0.497 e. The number of likely N-dealkylation sites (tertiary alicyclic amines) is 1. The van der Waals surface area contributed by atoms with E-state index in [1.807, 2.05) is 43.0 Å². The maximum Gasteiger partial charge on any atom is 0.276 e. The molecule has 3 heterocycles. The summed E-state index contributed by atoms with van der Waals surface area (Å²) in [6.07, 6.45) is 3.27. The molecule has 1 aliphatic heterocycles. The van der Waals surface area contributed by atoms with Crippen LogP contribution in [0.5, 0.6) is 5.75 Å². The lowest BCUT2D eigenvalue weighted by Crippen LogP contribution is -2.37. The number of hydrogen-bond donors (Lipinski definition) is 0. The summed E-state index contributed by atoms with van der Waals surface area (Å²) in [5.74, 6) is 0.741. The number of aromatic nitrogens is 4. The lowest BCUT2D eigenvalue weighted by Gasteiger charge is -2.26. The maximum absolute atomic E-state index is 12.9. The minimum atomic E-state index is -0.0549. The smallest absolute Gasteiger partial charge is 0.276 e. The molecule has 27 heavy (non-hydrogen) atoms. The van der Waals surface area contributed by atoms with Crippen LogP contribution in [0.3, 0.4) is 0 Å². The van der Waals surface area contributed by atoms with Gasteiger partial charge in [-0.1, -0.05) is 12.1 Å². The molecule has 3 aromatic rings. The number of benzene rings is 1. The van der Waals surface area contributed by atoms with Gasteiger partial charge in [-0.15, -0.1) is 10.2 Å². The van der Waals surface area contributed by atoms with Crippen molar-refractivity contribution >= 4 is 11.6 Å². The molecule has 0 saturated carbocycles. The summed E-state index contributed by atoms with van der Waals surface area (Å²) in [6.45, 7) is 5.39. The molecule has 0 spiro atoms. The first-order chi connectivity index (χ1) is 13.1. The highest BCUT2D eigenvalue weighted by Gasteiger charge is 2.24. The standard InChI is InChI=1S/C20H23N5O2/c1-13-17(15-7-9-16(27-3)10-8-15)19-22-21-18(14(2)25(19)23-13)20(26)24-11-5-4-6-12-24/h7-10H,4-6,11-12H2,1-3H3. The number of rotatable bonds is 3. The SMILES string of the molecule is COc1ccc(-c2c(C)nn3c(C)c(C(=O)N4CCCCC4)nnc23)cc1. The molecule has 140 valence electrons. The van der Waals surface area contributed by atoms with Gasteiger partial charge in [-0.25, -0.2) is 4.52 Å². The maximum atomic E-state index is 12.9. The Labute approximate surface area is 158 Å². The second-order valence-corrected chi connectivity index (χ2v) is 6.91. The van der Waals surface area contributed by atoms with E-state index < -0.39 is 0 Å². The van der Waals surface area contributed by atoms with Gasteiger partial charge in [-0.05, 0) is 50.8 Å². The van der Waals surface area contributed by atoms with Gasteiger partial charge in [0.2, 0.25) is 0 Å². The van der Waals surface area contributed by atoms with Gasteiger partial charge < -0.3 is 9.64 Å². The Hall–Kier alpha value is -2.96. The summed E-state index contributed by atoms with van der Waals surface area (Å²) in [5, 5.41) is 13.3. The van der Waals surface area contributed by atoms with E-state index in [1.54, 1.807) is 11.6 Å². The normalized spacial score (nSPS) is 14.6. The Morgan fingerprint density at radius 3 is 2.41 bits per heavy atom. The van der Waals surface area contributed by atoms with Gasteiger partial charge in [0.15, 0.2) is 11.3 Å². The van der Waals surface area contributed by atoms with Crippen molar-refractivity contribution < 1.29 is 9.53 Å². The molecular weight excluding hydrogens is 342 g/mol. The minimum absolute atomic E-state index is 0.0549. The zero-order valence-corrected chi connectivity index (χ0v) is 15.9. The highest BCUT2D eigenvalue weighted by Crippen LogP contribution is 2.29. The number of methoxy groups -OCH3 is 1. The van der Waals surface area contributed by atoms with E-state index in [-0.39, 0.29) is 5.91 Å². The lowest BCUT2D eigenvalue weighted by atomic mass is 10.1. The van der Waals surface area contributed by atoms with Gasteiger partial charge in [-0.2, -0.15) is 5.10 Å².